The number of fused-ring (bicyclic) bond motifs is 1. The van der Waals surface area contributed by atoms with E-state index < -0.39 is 10.0 Å². The molecule has 0 aliphatic rings. The molecule has 0 amide bonds. The predicted molar refractivity (Wildman–Crippen MR) is 130 cm³/mol. The molecule has 4 rings (SSSR count). The fraction of sp³-hybridized carbons (Fsp3) is 0.200. The van der Waals surface area contributed by atoms with Gasteiger partial charge in [0.05, 0.1) is 11.3 Å². The summed E-state index contributed by atoms with van der Waals surface area (Å²) in [6.45, 7) is 4.08. The van der Waals surface area contributed by atoms with Gasteiger partial charge in [0.15, 0.2) is 5.82 Å². The highest BCUT2D eigenvalue weighted by atomic mass is 32.2. The molecule has 32 heavy (non-hydrogen) atoms. The Morgan fingerprint density at radius 1 is 0.812 bits per heavy atom. The minimum Gasteiger partial charge on any atom is -0.365 e. The van der Waals surface area contributed by atoms with E-state index in [1.165, 1.54) is 0 Å². The van der Waals surface area contributed by atoms with Crippen LogP contribution in [0.15, 0.2) is 78.9 Å². The Hall–Kier alpha value is -3.29. The first-order valence-electron chi connectivity index (χ1n) is 10.5. The molecule has 7 heteroatoms. The summed E-state index contributed by atoms with van der Waals surface area (Å²) in [4.78, 5) is 9.49. The number of hydrogen-bond acceptors (Lipinski definition) is 5. The van der Waals surface area contributed by atoms with Crippen LogP contribution in [0, 0.1) is 0 Å². The number of anilines is 1. The van der Waals surface area contributed by atoms with E-state index in [0.717, 1.165) is 27.6 Å². The van der Waals surface area contributed by atoms with Gasteiger partial charge in [-0.3, -0.25) is 0 Å². The van der Waals surface area contributed by atoms with Crippen molar-refractivity contribution in [1.82, 2.24) is 14.7 Å². The van der Waals surface area contributed by atoms with Crippen LogP contribution in [0.4, 0.5) is 5.82 Å². The molecule has 1 heterocycles. The van der Waals surface area contributed by atoms with Crippen molar-refractivity contribution in [3.63, 3.8) is 0 Å². The number of nitrogens with one attached hydrogen (secondary N) is 2. The van der Waals surface area contributed by atoms with Gasteiger partial charge in [0.25, 0.3) is 0 Å². The van der Waals surface area contributed by atoms with E-state index in [-0.39, 0.29) is 11.8 Å². The van der Waals surface area contributed by atoms with Gasteiger partial charge in [-0.05, 0) is 37.1 Å². The van der Waals surface area contributed by atoms with E-state index in [1.807, 2.05) is 92.7 Å². The number of nitrogens with zero attached hydrogens (tertiary/aromatic N) is 2. The molecular formula is C25H26N4O2S. The second-order valence-electron chi connectivity index (χ2n) is 7.93. The van der Waals surface area contributed by atoms with E-state index >= 15 is 0 Å². The molecule has 0 spiro atoms. The van der Waals surface area contributed by atoms with Gasteiger partial charge in [-0.15, -0.1) is 0 Å². The van der Waals surface area contributed by atoms with Crippen molar-refractivity contribution in [2.24, 2.45) is 0 Å². The zero-order chi connectivity index (χ0) is 22.6. The van der Waals surface area contributed by atoms with Crippen LogP contribution in [-0.4, -0.2) is 24.4 Å². The number of rotatable bonds is 8. The van der Waals surface area contributed by atoms with E-state index in [1.54, 1.807) is 0 Å². The van der Waals surface area contributed by atoms with Crippen LogP contribution in [0.1, 0.15) is 25.0 Å². The SMILES string of the molecule is CC(C)NS(=O)(=O)Cc1ccccc1CNc1nc(-c2ccccc2)nc2ccccc12. The highest BCUT2D eigenvalue weighted by Gasteiger charge is 2.16. The van der Waals surface area contributed by atoms with Gasteiger partial charge in [-0.1, -0.05) is 66.7 Å². The normalized spacial score (nSPS) is 11.7. The summed E-state index contributed by atoms with van der Waals surface area (Å²) in [7, 11) is -3.42. The van der Waals surface area contributed by atoms with E-state index in [2.05, 4.69) is 10.0 Å². The number of aromatic nitrogens is 2. The molecule has 0 aliphatic heterocycles. The molecule has 1 aromatic heterocycles. The van der Waals surface area contributed by atoms with Crippen molar-refractivity contribution in [3.05, 3.63) is 90.0 Å². The highest BCUT2D eigenvalue weighted by molar-refractivity contribution is 7.88. The average Bonchev–Trinajstić information content (AvgIpc) is 2.77. The fourth-order valence-corrected chi connectivity index (χ4v) is 5.08. The fourth-order valence-electron chi connectivity index (χ4n) is 3.58. The van der Waals surface area contributed by atoms with Crippen molar-refractivity contribution in [1.29, 1.82) is 0 Å². The van der Waals surface area contributed by atoms with Gasteiger partial charge in [0, 0.05) is 23.5 Å². The topological polar surface area (TPSA) is 84.0 Å². The molecule has 0 unspecified atom stereocenters. The molecule has 0 atom stereocenters. The van der Waals surface area contributed by atoms with Crippen molar-refractivity contribution in [3.8, 4) is 11.4 Å². The Morgan fingerprint density at radius 3 is 2.22 bits per heavy atom. The summed E-state index contributed by atoms with van der Waals surface area (Å²) >= 11 is 0. The number of sulfonamides is 1. The van der Waals surface area contributed by atoms with E-state index in [0.29, 0.717) is 18.2 Å². The second kappa shape index (κ2) is 9.46. The minimum absolute atomic E-state index is 0.0666. The van der Waals surface area contributed by atoms with Crippen LogP contribution in [0.5, 0.6) is 0 Å². The van der Waals surface area contributed by atoms with Gasteiger partial charge in [-0.2, -0.15) is 0 Å². The number of hydrogen-bond donors (Lipinski definition) is 2. The smallest absolute Gasteiger partial charge is 0.216 e. The molecule has 164 valence electrons. The van der Waals surface area contributed by atoms with Gasteiger partial charge < -0.3 is 5.32 Å². The lowest BCUT2D eigenvalue weighted by atomic mass is 10.1. The molecule has 2 N–H and O–H groups in total. The molecule has 0 aliphatic carbocycles. The van der Waals surface area contributed by atoms with Crippen LogP contribution in [-0.2, 0) is 22.3 Å². The van der Waals surface area contributed by atoms with Crippen LogP contribution in [0.3, 0.4) is 0 Å². The molecule has 0 fully saturated rings. The lowest BCUT2D eigenvalue weighted by molar-refractivity contribution is 0.569. The third-order valence-corrected chi connectivity index (χ3v) is 6.48. The Balaban J connectivity index is 1.64. The summed E-state index contributed by atoms with van der Waals surface area (Å²) in [5.74, 6) is 1.29. The van der Waals surface area contributed by atoms with Crippen molar-refractivity contribution in [2.75, 3.05) is 5.32 Å². The Bertz CT molecular complexity index is 1320. The largest absolute Gasteiger partial charge is 0.365 e. The van der Waals surface area contributed by atoms with Crippen molar-refractivity contribution >= 4 is 26.7 Å². The summed E-state index contributed by atoms with van der Waals surface area (Å²) in [6, 6.07) is 25.1. The van der Waals surface area contributed by atoms with Crippen LogP contribution in [0.25, 0.3) is 22.3 Å². The zero-order valence-corrected chi connectivity index (χ0v) is 18.9. The summed E-state index contributed by atoms with van der Waals surface area (Å²) in [6.07, 6.45) is 0. The maximum Gasteiger partial charge on any atom is 0.216 e. The summed E-state index contributed by atoms with van der Waals surface area (Å²) < 4.78 is 27.6. The van der Waals surface area contributed by atoms with Crippen LogP contribution in [0.2, 0.25) is 0 Å². The Labute approximate surface area is 188 Å². The number of benzene rings is 3. The first-order chi connectivity index (χ1) is 15.4. The lowest BCUT2D eigenvalue weighted by Crippen LogP contribution is -2.31. The van der Waals surface area contributed by atoms with E-state index in [4.69, 9.17) is 9.97 Å². The highest BCUT2D eigenvalue weighted by Crippen LogP contribution is 2.25. The second-order valence-corrected chi connectivity index (χ2v) is 9.69. The standard InChI is InChI=1S/C25H26N4O2S/c1-18(2)29-32(30,31)17-21-13-7-6-12-20(21)16-26-25-22-14-8-9-15-23(22)27-24(28-25)19-10-4-3-5-11-19/h3-15,18,29H,16-17H2,1-2H3,(H,26,27,28). The maximum atomic E-state index is 12.5. The molecule has 0 bridgehead atoms. The monoisotopic (exact) mass is 446 g/mol. The average molecular weight is 447 g/mol. The Morgan fingerprint density at radius 2 is 1.47 bits per heavy atom. The quantitative estimate of drug-likeness (QED) is 0.409. The molecule has 4 aromatic rings. The molecule has 0 saturated carbocycles. The molecular weight excluding hydrogens is 420 g/mol. The first-order valence-corrected chi connectivity index (χ1v) is 12.2. The van der Waals surface area contributed by atoms with Crippen molar-refractivity contribution < 1.29 is 8.42 Å². The molecule has 6 nitrogen and oxygen atoms in total. The maximum absolute atomic E-state index is 12.5. The number of para-hydroxylation sites is 1. The summed E-state index contributed by atoms with van der Waals surface area (Å²) in [5, 5.41) is 4.33. The summed E-state index contributed by atoms with van der Waals surface area (Å²) in [5.41, 5.74) is 3.45. The molecule has 3 aromatic carbocycles. The van der Waals surface area contributed by atoms with Gasteiger partial charge >= 0.3 is 0 Å². The third-order valence-electron chi connectivity index (χ3n) is 4.96. The third kappa shape index (κ3) is 5.30. The van der Waals surface area contributed by atoms with Gasteiger partial charge in [0.1, 0.15) is 5.82 Å². The Kier molecular flexibility index (Phi) is 6.48. The van der Waals surface area contributed by atoms with E-state index in [9.17, 15) is 8.42 Å². The van der Waals surface area contributed by atoms with Crippen LogP contribution < -0.4 is 10.0 Å². The van der Waals surface area contributed by atoms with Crippen molar-refractivity contribution in [2.45, 2.75) is 32.2 Å². The lowest BCUT2D eigenvalue weighted by Gasteiger charge is -2.15. The van der Waals surface area contributed by atoms with Gasteiger partial charge in [-0.25, -0.2) is 23.1 Å². The van der Waals surface area contributed by atoms with Crippen LogP contribution >= 0.6 is 0 Å². The van der Waals surface area contributed by atoms with Gasteiger partial charge in [0.2, 0.25) is 10.0 Å². The molecule has 0 radical (unpaired) electrons. The first kappa shape index (κ1) is 21.9. The zero-order valence-electron chi connectivity index (χ0n) is 18.1. The minimum atomic E-state index is -3.42. The molecule has 0 saturated heterocycles. The predicted octanol–water partition coefficient (Wildman–Crippen LogP) is 4.74.